The number of amides is 1. The van der Waals surface area contributed by atoms with Gasteiger partial charge in [-0.3, -0.25) is 14.9 Å². The van der Waals surface area contributed by atoms with E-state index in [9.17, 15) is 14.9 Å². The number of nitro groups is 1. The number of carbonyl (C=O) groups is 1. The fourth-order valence-electron chi connectivity index (χ4n) is 2.07. The Balaban J connectivity index is 1.75. The number of benzene rings is 2. The fourth-order valence-corrected chi connectivity index (χ4v) is 2.07. The van der Waals surface area contributed by atoms with Gasteiger partial charge in [0.1, 0.15) is 5.58 Å². The maximum absolute atomic E-state index is 12.0. The molecule has 1 amide bonds. The fraction of sp³-hybridized carbons (Fsp3) is 0. The summed E-state index contributed by atoms with van der Waals surface area (Å²) in [6.07, 6.45) is 1.22. The summed E-state index contributed by atoms with van der Waals surface area (Å²) in [5, 5.41) is 15.4. The van der Waals surface area contributed by atoms with E-state index in [1.807, 2.05) is 12.1 Å². The molecule has 0 atom stereocenters. The first-order valence-corrected chi connectivity index (χ1v) is 6.70. The molecule has 0 aliphatic carbocycles. The van der Waals surface area contributed by atoms with Crippen LogP contribution in [-0.2, 0) is 0 Å². The molecule has 3 rings (SSSR count). The van der Waals surface area contributed by atoms with Crippen molar-refractivity contribution in [2.75, 3.05) is 0 Å². The first kappa shape index (κ1) is 14.5. The Labute approximate surface area is 130 Å². The quantitative estimate of drug-likeness (QED) is 0.455. The Morgan fingerprint density at radius 1 is 1.17 bits per heavy atom. The lowest BCUT2D eigenvalue weighted by atomic mass is 10.2. The third-order valence-electron chi connectivity index (χ3n) is 3.15. The number of hydrogen-bond donors (Lipinski definition) is 1. The number of fused-ring (bicyclic) bond motifs is 1. The number of hydrazone groups is 1. The number of nitrogens with one attached hydrogen (secondary N) is 1. The number of furan rings is 1. The molecule has 23 heavy (non-hydrogen) atoms. The zero-order valence-electron chi connectivity index (χ0n) is 11.8. The molecule has 0 aliphatic heterocycles. The summed E-state index contributed by atoms with van der Waals surface area (Å²) < 4.78 is 5.40. The van der Waals surface area contributed by atoms with Crippen molar-refractivity contribution in [3.8, 4) is 0 Å². The van der Waals surface area contributed by atoms with Crippen molar-refractivity contribution in [3.05, 3.63) is 76.0 Å². The molecule has 0 saturated carbocycles. The average molecular weight is 309 g/mol. The minimum Gasteiger partial charge on any atom is -0.451 e. The molecule has 7 heteroatoms. The SMILES string of the molecule is O=C(N/N=C/c1ccccc1[N+](=O)[O-])c1cc2ccccc2o1. The molecule has 0 spiro atoms. The standard InChI is InChI=1S/C16H11N3O4/c20-16(15-9-11-5-2-4-8-14(11)23-15)18-17-10-12-6-1-3-7-13(12)19(21)22/h1-10H,(H,18,20)/b17-10+. The summed E-state index contributed by atoms with van der Waals surface area (Å²) >= 11 is 0. The summed E-state index contributed by atoms with van der Waals surface area (Å²) in [4.78, 5) is 22.3. The van der Waals surface area contributed by atoms with Crippen molar-refractivity contribution < 1.29 is 14.1 Å². The van der Waals surface area contributed by atoms with Gasteiger partial charge in [0.15, 0.2) is 5.76 Å². The number of rotatable bonds is 4. The molecule has 0 saturated heterocycles. The van der Waals surface area contributed by atoms with Crippen LogP contribution in [0.15, 0.2) is 64.1 Å². The Kier molecular flexibility index (Phi) is 3.84. The van der Waals surface area contributed by atoms with Crippen LogP contribution in [0.3, 0.4) is 0 Å². The van der Waals surface area contributed by atoms with Gasteiger partial charge in [0, 0.05) is 11.5 Å². The third-order valence-corrected chi connectivity index (χ3v) is 3.15. The summed E-state index contributed by atoms with van der Waals surface area (Å²) in [6.45, 7) is 0. The molecular weight excluding hydrogens is 298 g/mol. The Hall–Kier alpha value is -3.48. The zero-order valence-corrected chi connectivity index (χ0v) is 11.8. The topological polar surface area (TPSA) is 97.7 Å². The van der Waals surface area contributed by atoms with E-state index in [-0.39, 0.29) is 11.4 Å². The van der Waals surface area contributed by atoms with Crippen LogP contribution in [0.2, 0.25) is 0 Å². The van der Waals surface area contributed by atoms with E-state index in [1.165, 1.54) is 18.3 Å². The van der Waals surface area contributed by atoms with Crippen LogP contribution in [0.5, 0.6) is 0 Å². The summed E-state index contributed by atoms with van der Waals surface area (Å²) in [6, 6.07) is 14.9. The van der Waals surface area contributed by atoms with Crippen LogP contribution in [0.4, 0.5) is 5.69 Å². The molecule has 1 aromatic heterocycles. The summed E-state index contributed by atoms with van der Waals surface area (Å²) in [7, 11) is 0. The number of hydrogen-bond acceptors (Lipinski definition) is 5. The van der Waals surface area contributed by atoms with Crippen molar-refractivity contribution in [1.82, 2.24) is 5.43 Å². The predicted molar refractivity (Wildman–Crippen MR) is 84.4 cm³/mol. The average Bonchev–Trinajstić information content (AvgIpc) is 2.99. The van der Waals surface area contributed by atoms with E-state index >= 15 is 0 Å². The van der Waals surface area contributed by atoms with Crippen molar-refractivity contribution in [1.29, 1.82) is 0 Å². The van der Waals surface area contributed by atoms with Gasteiger partial charge in [-0.1, -0.05) is 30.3 Å². The van der Waals surface area contributed by atoms with Crippen LogP contribution in [0.25, 0.3) is 11.0 Å². The van der Waals surface area contributed by atoms with Crippen LogP contribution < -0.4 is 5.43 Å². The molecule has 7 nitrogen and oxygen atoms in total. The minimum absolute atomic E-state index is 0.0887. The van der Waals surface area contributed by atoms with E-state index in [1.54, 1.807) is 30.3 Å². The summed E-state index contributed by atoms with van der Waals surface area (Å²) in [5.74, 6) is -0.415. The number of nitrogens with zero attached hydrogens (tertiary/aromatic N) is 2. The normalized spacial score (nSPS) is 11.0. The van der Waals surface area contributed by atoms with Gasteiger partial charge in [-0.25, -0.2) is 5.43 Å². The molecule has 0 unspecified atom stereocenters. The van der Waals surface area contributed by atoms with Crippen LogP contribution in [0, 0.1) is 10.1 Å². The van der Waals surface area contributed by atoms with Crippen molar-refractivity contribution >= 4 is 28.8 Å². The van der Waals surface area contributed by atoms with E-state index < -0.39 is 10.8 Å². The van der Waals surface area contributed by atoms with Crippen molar-refractivity contribution in [3.63, 3.8) is 0 Å². The van der Waals surface area contributed by atoms with Gasteiger partial charge >= 0.3 is 5.91 Å². The molecule has 1 heterocycles. The second kappa shape index (κ2) is 6.10. The molecule has 3 aromatic rings. The molecule has 0 fully saturated rings. The lowest BCUT2D eigenvalue weighted by Gasteiger charge is -1.97. The number of carbonyl (C=O) groups excluding carboxylic acids is 1. The van der Waals surface area contributed by atoms with Crippen molar-refractivity contribution in [2.24, 2.45) is 5.10 Å². The van der Waals surface area contributed by atoms with Gasteiger partial charge in [0.05, 0.1) is 16.7 Å². The largest absolute Gasteiger partial charge is 0.451 e. The van der Waals surface area contributed by atoms with Crippen LogP contribution >= 0.6 is 0 Å². The zero-order chi connectivity index (χ0) is 16.2. The first-order valence-electron chi connectivity index (χ1n) is 6.70. The van der Waals surface area contributed by atoms with Crippen LogP contribution in [-0.4, -0.2) is 17.0 Å². The second-order valence-electron chi connectivity index (χ2n) is 4.66. The second-order valence-corrected chi connectivity index (χ2v) is 4.66. The smallest absolute Gasteiger partial charge is 0.307 e. The highest BCUT2D eigenvalue weighted by atomic mass is 16.6. The highest BCUT2D eigenvalue weighted by Crippen LogP contribution is 2.18. The predicted octanol–water partition coefficient (Wildman–Crippen LogP) is 3.10. The van der Waals surface area contributed by atoms with E-state index in [2.05, 4.69) is 10.5 Å². The molecule has 0 bridgehead atoms. The molecule has 0 radical (unpaired) electrons. The minimum atomic E-state index is -0.531. The highest BCUT2D eigenvalue weighted by molar-refractivity contribution is 5.96. The Bertz CT molecular complexity index is 881. The van der Waals surface area contributed by atoms with Gasteiger partial charge in [0.25, 0.3) is 5.69 Å². The molecule has 0 aliphatic rings. The number of para-hydroxylation sites is 2. The Morgan fingerprint density at radius 3 is 2.70 bits per heavy atom. The van der Waals surface area contributed by atoms with Gasteiger partial charge in [0.2, 0.25) is 0 Å². The molecule has 1 N–H and O–H groups in total. The van der Waals surface area contributed by atoms with E-state index in [0.717, 1.165) is 5.39 Å². The van der Waals surface area contributed by atoms with Gasteiger partial charge in [-0.05, 0) is 18.2 Å². The molecule has 2 aromatic carbocycles. The van der Waals surface area contributed by atoms with Crippen LogP contribution in [0.1, 0.15) is 16.1 Å². The highest BCUT2D eigenvalue weighted by Gasteiger charge is 2.12. The monoisotopic (exact) mass is 309 g/mol. The maximum Gasteiger partial charge on any atom is 0.307 e. The number of nitro benzene ring substituents is 1. The van der Waals surface area contributed by atoms with Gasteiger partial charge in [-0.2, -0.15) is 5.10 Å². The third kappa shape index (κ3) is 3.08. The van der Waals surface area contributed by atoms with Crippen molar-refractivity contribution in [2.45, 2.75) is 0 Å². The Morgan fingerprint density at radius 2 is 1.91 bits per heavy atom. The molecule has 114 valence electrons. The van der Waals surface area contributed by atoms with Gasteiger partial charge in [-0.15, -0.1) is 0 Å². The van der Waals surface area contributed by atoms with Gasteiger partial charge < -0.3 is 4.42 Å². The lowest BCUT2D eigenvalue weighted by Crippen LogP contribution is -2.16. The first-order chi connectivity index (χ1) is 11.1. The van der Waals surface area contributed by atoms with E-state index in [4.69, 9.17) is 4.42 Å². The summed E-state index contributed by atoms with van der Waals surface area (Å²) in [5.41, 5.74) is 3.09. The molecular formula is C16H11N3O4. The lowest BCUT2D eigenvalue weighted by molar-refractivity contribution is -0.385. The maximum atomic E-state index is 12.0. The van der Waals surface area contributed by atoms with E-state index in [0.29, 0.717) is 11.1 Å².